The molecule has 1 aromatic rings. The zero-order valence-electron chi connectivity index (χ0n) is 6.78. The van der Waals surface area contributed by atoms with Crippen LogP contribution in [0.1, 0.15) is 12.8 Å². The average Bonchev–Trinajstić information content (AvgIpc) is 2.53. The maximum absolute atomic E-state index is 4.33. The summed E-state index contributed by atoms with van der Waals surface area (Å²) in [6.07, 6.45) is 4.44. The van der Waals surface area contributed by atoms with Gasteiger partial charge < -0.3 is 4.90 Å². The molecule has 2 rings (SSSR count). The Hall–Kier alpha value is -0.320. The van der Waals surface area contributed by atoms with Gasteiger partial charge in [0.25, 0.3) is 0 Å². The molecule has 2 nitrogen and oxygen atoms in total. The Morgan fingerprint density at radius 1 is 1.50 bits per heavy atom. The van der Waals surface area contributed by atoms with Crippen molar-refractivity contribution in [1.82, 2.24) is 4.98 Å². The summed E-state index contributed by atoms with van der Waals surface area (Å²) in [6.45, 7) is 1.16. The molecular weight excluding hydrogens is 263 g/mol. The number of alkyl halides is 1. The highest BCUT2D eigenvalue weighted by Crippen LogP contribution is 2.26. The number of aromatic nitrogens is 1. The van der Waals surface area contributed by atoms with Crippen LogP contribution in [-0.2, 0) is 0 Å². The Labute approximate surface area is 86.1 Å². The minimum atomic E-state index is 0.637. The molecular formula is C9H11IN2. The third-order valence-electron chi connectivity index (χ3n) is 2.12. The predicted molar refractivity (Wildman–Crippen MR) is 58.6 cm³/mol. The molecule has 0 aromatic carbocycles. The molecule has 2 heterocycles. The van der Waals surface area contributed by atoms with Crippen LogP contribution in [0.5, 0.6) is 0 Å². The van der Waals surface area contributed by atoms with Gasteiger partial charge in [-0.05, 0) is 25.0 Å². The van der Waals surface area contributed by atoms with Crippen molar-refractivity contribution in [3.8, 4) is 0 Å². The first-order valence-electron chi connectivity index (χ1n) is 4.19. The van der Waals surface area contributed by atoms with Gasteiger partial charge in [0, 0.05) is 12.7 Å². The summed E-state index contributed by atoms with van der Waals surface area (Å²) in [5, 5.41) is 0. The van der Waals surface area contributed by atoms with Gasteiger partial charge >= 0.3 is 0 Å². The van der Waals surface area contributed by atoms with Gasteiger partial charge in [0.05, 0.1) is 4.05 Å². The second-order valence-electron chi connectivity index (χ2n) is 2.96. The van der Waals surface area contributed by atoms with Crippen LogP contribution in [0.15, 0.2) is 24.4 Å². The molecule has 12 heavy (non-hydrogen) atoms. The van der Waals surface area contributed by atoms with E-state index in [0.29, 0.717) is 4.05 Å². The van der Waals surface area contributed by atoms with Crippen LogP contribution >= 0.6 is 22.6 Å². The van der Waals surface area contributed by atoms with Crippen molar-refractivity contribution in [3.63, 3.8) is 0 Å². The number of halogens is 1. The van der Waals surface area contributed by atoms with Gasteiger partial charge in [-0.3, -0.25) is 0 Å². The Morgan fingerprint density at radius 3 is 3.00 bits per heavy atom. The molecule has 0 saturated carbocycles. The highest BCUT2D eigenvalue weighted by atomic mass is 127. The van der Waals surface area contributed by atoms with Crippen molar-refractivity contribution < 1.29 is 0 Å². The van der Waals surface area contributed by atoms with Gasteiger partial charge in [-0.1, -0.05) is 28.7 Å². The van der Waals surface area contributed by atoms with Crippen molar-refractivity contribution in [2.45, 2.75) is 16.9 Å². The van der Waals surface area contributed by atoms with E-state index in [4.69, 9.17) is 0 Å². The summed E-state index contributed by atoms with van der Waals surface area (Å²) in [5.74, 6) is 1.12. The van der Waals surface area contributed by atoms with E-state index < -0.39 is 0 Å². The molecule has 0 N–H and O–H groups in total. The zero-order valence-corrected chi connectivity index (χ0v) is 8.94. The molecule has 1 fully saturated rings. The van der Waals surface area contributed by atoms with E-state index >= 15 is 0 Å². The molecule has 64 valence electrons. The summed E-state index contributed by atoms with van der Waals surface area (Å²) >= 11 is 2.48. The maximum Gasteiger partial charge on any atom is 0.129 e. The van der Waals surface area contributed by atoms with Crippen LogP contribution in [0.2, 0.25) is 0 Å². The summed E-state index contributed by atoms with van der Waals surface area (Å²) < 4.78 is 0.637. The lowest BCUT2D eigenvalue weighted by molar-refractivity contribution is 0.910. The van der Waals surface area contributed by atoms with Crippen molar-refractivity contribution in [2.24, 2.45) is 0 Å². The first kappa shape index (κ1) is 8.29. The fourth-order valence-electron chi connectivity index (χ4n) is 1.51. The van der Waals surface area contributed by atoms with Gasteiger partial charge in [-0.15, -0.1) is 0 Å². The molecule has 1 atom stereocenters. The first-order chi connectivity index (χ1) is 5.88. The minimum absolute atomic E-state index is 0.637. The molecule has 0 bridgehead atoms. The monoisotopic (exact) mass is 274 g/mol. The van der Waals surface area contributed by atoms with Crippen LogP contribution in [0, 0.1) is 0 Å². The van der Waals surface area contributed by atoms with E-state index in [-0.39, 0.29) is 0 Å². The Morgan fingerprint density at radius 2 is 2.42 bits per heavy atom. The van der Waals surface area contributed by atoms with Gasteiger partial charge in [0.2, 0.25) is 0 Å². The fourth-order valence-corrected chi connectivity index (χ4v) is 2.51. The number of anilines is 1. The van der Waals surface area contributed by atoms with Crippen molar-refractivity contribution in [2.75, 3.05) is 11.4 Å². The summed E-state index contributed by atoms with van der Waals surface area (Å²) in [4.78, 5) is 6.69. The zero-order chi connectivity index (χ0) is 8.39. The second-order valence-corrected chi connectivity index (χ2v) is 4.40. The quantitative estimate of drug-likeness (QED) is 0.444. The Kier molecular flexibility index (Phi) is 2.48. The standard InChI is InChI=1S/C9H11IN2/c10-8-4-3-7-12(8)9-5-1-2-6-11-9/h1-2,5-6,8H,3-4,7H2. The van der Waals surface area contributed by atoms with Crippen LogP contribution in [0.4, 0.5) is 5.82 Å². The summed E-state index contributed by atoms with van der Waals surface area (Å²) in [6, 6.07) is 6.09. The number of hydrogen-bond donors (Lipinski definition) is 0. The molecule has 0 amide bonds. The lowest BCUT2D eigenvalue weighted by Gasteiger charge is -2.20. The van der Waals surface area contributed by atoms with Crippen LogP contribution in [0.3, 0.4) is 0 Å². The van der Waals surface area contributed by atoms with Crippen LogP contribution in [-0.4, -0.2) is 15.6 Å². The van der Waals surface area contributed by atoms with Gasteiger partial charge in [0.1, 0.15) is 5.82 Å². The highest BCUT2D eigenvalue weighted by Gasteiger charge is 2.22. The van der Waals surface area contributed by atoms with Gasteiger partial charge in [-0.25, -0.2) is 4.98 Å². The lowest BCUT2D eigenvalue weighted by atomic mass is 10.4. The molecule has 0 spiro atoms. The molecule has 0 radical (unpaired) electrons. The molecule has 1 unspecified atom stereocenters. The molecule has 3 heteroatoms. The molecule has 1 saturated heterocycles. The molecule has 0 aliphatic carbocycles. The normalized spacial score (nSPS) is 23.1. The fraction of sp³-hybridized carbons (Fsp3) is 0.444. The van der Waals surface area contributed by atoms with E-state index in [9.17, 15) is 0 Å². The number of hydrogen-bond acceptors (Lipinski definition) is 2. The topological polar surface area (TPSA) is 16.1 Å². The van der Waals surface area contributed by atoms with Crippen LogP contribution in [0.25, 0.3) is 0 Å². The minimum Gasteiger partial charge on any atom is -0.345 e. The smallest absolute Gasteiger partial charge is 0.129 e. The lowest BCUT2D eigenvalue weighted by Crippen LogP contribution is -2.24. The van der Waals surface area contributed by atoms with Crippen LogP contribution < -0.4 is 4.90 Å². The SMILES string of the molecule is IC1CCCN1c1ccccn1. The van der Waals surface area contributed by atoms with Gasteiger partial charge in [-0.2, -0.15) is 0 Å². The Bertz CT molecular complexity index is 250. The predicted octanol–water partition coefficient (Wildman–Crippen LogP) is 2.44. The van der Waals surface area contributed by atoms with Crippen molar-refractivity contribution in [3.05, 3.63) is 24.4 Å². The summed E-state index contributed by atoms with van der Waals surface area (Å²) in [7, 11) is 0. The molecule has 1 aliphatic heterocycles. The van der Waals surface area contributed by atoms with Gasteiger partial charge in [0.15, 0.2) is 0 Å². The molecule has 1 aliphatic rings. The second kappa shape index (κ2) is 3.60. The first-order valence-corrected chi connectivity index (χ1v) is 5.44. The highest BCUT2D eigenvalue weighted by molar-refractivity contribution is 14.1. The maximum atomic E-state index is 4.33. The third kappa shape index (κ3) is 1.55. The van der Waals surface area contributed by atoms with E-state index in [1.54, 1.807) is 0 Å². The van der Waals surface area contributed by atoms with Crippen molar-refractivity contribution in [1.29, 1.82) is 0 Å². The number of nitrogens with zero attached hydrogens (tertiary/aromatic N) is 2. The average molecular weight is 274 g/mol. The Balaban J connectivity index is 2.19. The molecule has 1 aromatic heterocycles. The van der Waals surface area contributed by atoms with E-state index in [1.807, 2.05) is 18.3 Å². The largest absolute Gasteiger partial charge is 0.345 e. The van der Waals surface area contributed by atoms with E-state index in [1.165, 1.54) is 12.8 Å². The number of rotatable bonds is 1. The van der Waals surface area contributed by atoms with E-state index in [2.05, 4.69) is 38.5 Å². The van der Waals surface area contributed by atoms with E-state index in [0.717, 1.165) is 12.4 Å². The summed E-state index contributed by atoms with van der Waals surface area (Å²) in [5.41, 5.74) is 0. The third-order valence-corrected chi connectivity index (χ3v) is 3.42. The van der Waals surface area contributed by atoms with Crippen molar-refractivity contribution >= 4 is 28.4 Å². The number of pyridine rings is 1.